The molecule has 0 aromatic carbocycles. The number of halogens is 1. The number of hydrogen-bond acceptors (Lipinski definition) is 3. The lowest BCUT2D eigenvalue weighted by molar-refractivity contribution is 0.199. The molecule has 0 aliphatic heterocycles. The Bertz CT molecular complexity index is 282. The van der Waals surface area contributed by atoms with Gasteiger partial charge in [0, 0.05) is 24.6 Å². The quantitative estimate of drug-likeness (QED) is 0.569. The Balaban J connectivity index is 2.41. The van der Waals surface area contributed by atoms with Gasteiger partial charge in [0.1, 0.15) is 0 Å². The second-order valence-corrected chi connectivity index (χ2v) is 6.44. The van der Waals surface area contributed by atoms with Crippen molar-refractivity contribution in [3.8, 4) is 0 Å². The number of methoxy groups -OCH3 is 1. The molecule has 0 radical (unpaired) electrons. The second-order valence-electron chi connectivity index (χ2n) is 4.03. The summed E-state index contributed by atoms with van der Waals surface area (Å²) in [6.07, 6.45) is 3.51. The van der Waals surface area contributed by atoms with Crippen molar-refractivity contribution in [2.45, 2.75) is 31.2 Å². The van der Waals surface area contributed by atoms with Crippen molar-refractivity contribution in [1.82, 2.24) is 4.72 Å². The molecular formula is C9H18BrNO3S. The van der Waals surface area contributed by atoms with E-state index in [1.807, 2.05) is 0 Å². The average molecular weight is 300 g/mol. The molecule has 0 bridgehead atoms. The zero-order chi connectivity index (χ0) is 11.4. The molecule has 1 N–H and O–H groups in total. The van der Waals surface area contributed by atoms with E-state index in [-0.39, 0.29) is 11.3 Å². The Morgan fingerprint density at radius 3 is 2.53 bits per heavy atom. The van der Waals surface area contributed by atoms with E-state index in [1.165, 1.54) is 0 Å². The van der Waals surface area contributed by atoms with Crippen molar-refractivity contribution >= 4 is 26.0 Å². The van der Waals surface area contributed by atoms with Gasteiger partial charge in [0.25, 0.3) is 0 Å². The van der Waals surface area contributed by atoms with Crippen molar-refractivity contribution in [2.75, 3.05) is 24.8 Å². The maximum absolute atomic E-state index is 11.7. The van der Waals surface area contributed by atoms with E-state index in [1.54, 1.807) is 7.11 Å². The zero-order valence-electron chi connectivity index (χ0n) is 8.96. The fourth-order valence-electron chi connectivity index (χ4n) is 1.64. The zero-order valence-corrected chi connectivity index (χ0v) is 11.4. The highest BCUT2D eigenvalue weighted by Crippen LogP contribution is 2.34. The smallest absolute Gasteiger partial charge is 0.212 e. The topological polar surface area (TPSA) is 55.4 Å². The van der Waals surface area contributed by atoms with Crippen LogP contribution in [0.4, 0.5) is 0 Å². The summed E-state index contributed by atoms with van der Waals surface area (Å²) < 4.78 is 31.0. The van der Waals surface area contributed by atoms with E-state index in [2.05, 4.69) is 20.7 Å². The molecule has 90 valence electrons. The molecule has 0 atom stereocenters. The minimum atomic E-state index is -3.14. The third kappa shape index (κ3) is 4.01. The number of hydrogen-bond donors (Lipinski definition) is 1. The van der Waals surface area contributed by atoms with Crippen LogP contribution in [0.5, 0.6) is 0 Å². The Kier molecular flexibility index (Phi) is 5.02. The molecule has 1 aliphatic carbocycles. The summed E-state index contributed by atoms with van der Waals surface area (Å²) in [5.41, 5.74) is -0.216. The standard InChI is InChI=1S/C9H18BrNO3S/c1-14-6-3-7-15(12,13)11-9(8-10)4-2-5-9/h11H,2-8H2,1H3. The van der Waals surface area contributed by atoms with Gasteiger partial charge in [-0.05, 0) is 25.7 Å². The number of ether oxygens (including phenoxy) is 1. The van der Waals surface area contributed by atoms with Gasteiger partial charge in [-0.25, -0.2) is 13.1 Å². The Morgan fingerprint density at radius 2 is 2.13 bits per heavy atom. The second kappa shape index (κ2) is 5.61. The highest BCUT2D eigenvalue weighted by atomic mass is 79.9. The highest BCUT2D eigenvalue weighted by Gasteiger charge is 2.39. The van der Waals surface area contributed by atoms with Crippen LogP contribution in [0.15, 0.2) is 0 Å². The van der Waals surface area contributed by atoms with Crippen molar-refractivity contribution in [3.63, 3.8) is 0 Å². The Labute approximate surface area is 99.9 Å². The van der Waals surface area contributed by atoms with Gasteiger partial charge in [-0.15, -0.1) is 0 Å². The van der Waals surface area contributed by atoms with E-state index in [9.17, 15) is 8.42 Å². The van der Waals surface area contributed by atoms with Crippen LogP contribution >= 0.6 is 15.9 Å². The maximum atomic E-state index is 11.7. The van der Waals surface area contributed by atoms with Crippen molar-refractivity contribution in [1.29, 1.82) is 0 Å². The average Bonchev–Trinajstić information content (AvgIpc) is 2.12. The molecule has 0 unspecified atom stereocenters. The van der Waals surface area contributed by atoms with Gasteiger partial charge in [-0.3, -0.25) is 0 Å². The largest absolute Gasteiger partial charge is 0.385 e. The minimum Gasteiger partial charge on any atom is -0.385 e. The van der Waals surface area contributed by atoms with Gasteiger partial charge in [0.2, 0.25) is 10.0 Å². The normalized spacial score (nSPS) is 19.9. The number of nitrogens with one attached hydrogen (secondary N) is 1. The lowest BCUT2D eigenvalue weighted by atomic mass is 9.80. The summed E-state index contributed by atoms with van der Waals surface area (Å²) in [7, 11) is -1.57. The lowest BCUT2D eigenvalue weighted by Crippen LogP contribution is -2.55. The minimum absolute atomic E-state index is 0.148. The van der Waals surface area contributed by atoms with Crippen LogP contribution in [0.2, 0.25) is 0 Å². The lowest BCUT2D eigenvalue weighted by Gasteiger charge is -2.40. The van der Waals surface area contributed by atoms with Crippen LogP contribution in [-0.2, 0) is 14.8 Å². The summed E-state index contributed by atoms with van der Waals surface area (Å²) >= 11 is 3.37. The van der Waals surface area contributed by atoms with E-state index < -0.39 is 10.0 Å². The van der Waals surface area contributed by atoms with Gasteiger partial charge in [-0.1, -0.05) is 15.9 Å². The third-order valence-electron chi connectivity index (χ3n) is 2.70. The first-order valence-electron chi connectivity index (χ1n) is 5.10. The van der Waals surface area contributed by atoms with Crippen LogP contribution in [0.3, 0.4) is 0 Å². The molecule has 0 amide bonds. The van der Waals surface area contributed by atoms with Gasteiger partial charge in [0.15, 0.2) is 0 Å². The van der Waals surface area contributed by atoms with Crippen LogP contribution in [-0.4, -0.2) is 38.8 Å². The number of rotatable bonds is 7. The van der Waals surface area contributed by atoms with Crippen LogP contribution in [0.25, 0.3) is 0 Å². The first kappa shape index (κ1) is 13.4. The molecule has 1 fully saturated rings. The predicted octanol–water partition coefficient (Wildman–Crippen LogP) is 1.26. The SMILES string of the molecule is COCCCS(=O)(=O)NC1(CBr)CCC1. The van der Waals surface area contributed by atoms with Gasteiger partial charge < -0.3 is 4.74 Å². The monoisotopic (exact) mass is 299 g/mol. The van der Waals surface area contributed by atoms with Crippen molar-refractivity contribution in [2.24, 2.45) is 0 Å². The van der Waals surface area contributed by atoms with E-state index in [4.69, 9.17) is 4.74 Å². The van der Waals surface area contributed by atoms with Gasteiger partial charge >= 0.3 is 0 Å². The molecule has 1 saturated carbocycles. The van der Waals surface area contributed by atoms with Crippen LogP contribution in [0.1, 0.15) is 25.7 Å². The molecule has 0 saturated heterocycles. The summed E-state index contributed by atoms with van der Waals surface area (Å²) in [6.45, 7) is 0.488. The van der Waals surface area contributed by atoms with Gasteiger partial charge in [-0.2, -0.15) is 0 Å². The van der Waals surface area contributed by atoms with Crippen molar-refractivity contribution < 1.29 is 13.2 Å². The summed E-state index contributed by atoms with van der Waals surface area (Å²) in [5.74, 6) is 0.148. The number of sulfonamides is 1. The van der Waals surface area contributed by atoms with Crippen LogP contribution in [0, 0.1) is 0 Å². The Morgan fingerprint density at radius 1 is 1.47 bits per heavy atom. The molecule has 0 spiro atoms. The first-order chi connectivity index (χ1) is 7.04. The van der Waals surface area contributed by atoms with Crippen molar-refractivity contribution in [3.05, 3.63) is 0 Å². The summed E-state index contributed by atoms with van der Waals surface area (Å²) in [5, 5.41) is 0.698. The summed E-state index contributed by atoms with van der Waals surface area (Å²) in [6, 6.07) is 0. The number of alkyl halides is 1. The highest BCUT2D eigenvalue weighted by molar-refractivity contribution is 9.09. The molecule has 6 heteroatoms. The molecular weight excluding hydrogens is 282 g/mol. The predicted molar refractivity (Wildman–Crippen MR) is 63.8 cm³/mol. The van der Waals surface area contributed by atoms with E-state index in [0.717, 1.165) is 19.3 Å². The van der Waals surface area contributed by atoms with E-state index in [0.29, 0.717) is 18.4 Å². The Hall–Kier alpha value is 0.350. The third-order valence-corrected chi connectivity index (χ3v) is 5.34. The molecule has 0 aromatic heterocycles. The molecule has 1 rings (SSSR count). The summed E-state index contributed by atoms with van der Waals surface area (Å²) in [4.78, 5) is 0. The van der Waals surface area contributed by atoms with Crippen LogP contribution < -0.4 is 4.72 Å². The fourth-order valence-corrected chi connectivity index (χ4v) is 4.06. The first-order valence-corrected chi connectivity index (χ1v) is 7.87. The van der Waals surface area contributed by atoms with Gasteiger partial charge in [0.05, 0.1) is 5.75 Å². The fraction of sp³-hybridized carbons (Fsp3) is 1.00. The van der Waals surface area contributed by atoms with E-state index >= 15 is 0 Å². The molecule has 1 aliphatic rings. The maximum Gasteiger partial charge on any atom is 0.212 e. The molecule has 4 nitrogen and oxygen atoms in total. The molecule has 0 aromatic rings. The molecule has 15 heavy (non-hydrogen) atoms. The molecule has 0 heterocycles.